The normalized spacial score (nSPS) is 11.9. The zero-order chi connectivity index (χ0) is 17.8. The van der Waals surface area contributed by atoms with Gasteiger partial charge in [0.15, 0.2) is 0 Å². The minimum atomic E-state index is -1.06. The predicted octanol–water partition coefficient (Wildman–Crippen LogP) is 2.97. The largest absolute Gasteiger partial charge is 0.480 e. The Bertz CT molecular complexity index is 914. The first-order valence-electron chi connectivity index (χ1n) is 7.97. The Morgan fingerprint density at radius 2 is 1.80 bits per heavy atom. The molecule has 0 fully saturated rings. The summed E-state index contributed by atoms with van der Waals surface area (Å²) in [7, 11) is 0. The molecule has 126 valence electrons. The average Bonchev–Trinajstić information content (AvgIpc) is 2.62. The second-order valence-electron chi connectivity index (χ2n) is 5.93. The van der Waals surface area contributed by atoms with E-state index in [1.54, 1.807) is 18.3 Å². The monoisotopic (exact) mass is 334 g/mol. The molecule has 5 heteroatoms. The van der Waals surface area contributed by atoms with Crippen molar-refractivity contribution in [2.45, 2.75) is 19.4 Å². The maximum atomic E-state index is 12.6. The van der Waals surface area contributed by atoms with Gasteiger partial charge in [0, 0.05) is 18.0 Å². The molecule has 0 aliphatic heterocycles. The van der Waals surface area contributed by atoms with Crippen LogP contribution in [0.3, 0.4) is 0 Å². The molecule has 3 aromatic rings. The number of carboxylic acids is 1. The maximum absolute atomic E-state index is 12.6. The Balaban J connectivity index is 1.83. The number of hydrogen-bond acceptors (Lipinski definition) is 3. The number of hydrogen-bond donors (Lipinski definition) is 2. The van der Waals surface area contributed by atoms with E-state index in [0.29, 0.717) is 16.5 Å². The molecule has 0 unspecified atom stereocenters. The summed E-state index contributed by atoms with van der Waals surface area (Å²) in [6.07, 6.45) is 1.78. The number of fused-ring (bicyclic) bond motifs is 1. The van der Waals surface area contributed by atoms with Gasteiger partial charge in [-0.1, -0.05) is 48.0 Å². The highest BCUT2D eigenvalue weighted by molar-refractivity contribution is 6.06. The van der Waals surface area contributed by atoms with Gasteiger partial charge in [-0.3, -0.25) is 9.78 Å². The van der Waals surface area contributed by atoms with E-state index in [4.69, 9.17) is 0 Å². The molecule has 5 nitrogen and oxygen atoms in total. The van der Waals surface area contributed by atoms with E-state index in [1.165, 1.54) is 0 Å². The van der Waals surface area contributed by atoms with E-state index >= 15 is 0 Å². The van der Waals surface area contributed by atoms with Gasteiger partial charge in [0.25, 0.3) is 5.91 Å². The first-order chi connectivity index (χ1) is 12.0. The molecule has 0 radical (unpaired) electrons. The molecule has 0 saturated carbocycles. The molecule has 2 N–H and O–H groups in total. The molecule has 0 spiro atoms. The number of para-hydroxylation sites is 1. The molecule has 1 amide bonds. The number of pyridine rings is 1. The number of rotatable bonds is 5. The molecule has 25 heavy (non-hydrogen) atoms. The summed E-state index contributed by atoms with van der Waals surface area (Å²) in [5.74, 6) is -1.48. The Morgan fingerprint density at radius 3 is 2.52 bits per heavy atom. The van der Waals surface area contributed by atoms with Crippen molar-refractivity contribution in [2.75, 3.05) is 0 Å². The fraction of sp³-hybridized carbons (Fsp3) is 0.150. The van der Waals surface area contributed by atoms with Crippen LogP contribution in [0.4, 0.5) is 0 Å². The van der Waals surface area contributed by atoms with Crippen LogP contribution < -0.4 is 5.32 Å². The molecule has 1 atom stereocenters. The van der Waals surface area contributed by atoms with Gasteiger partial charge >= 0.3 is 5.97 Å². The van der Waals surface area contributed by atoms with Crippen LogP contribution in [0.5, 0.6) is 0 Å². The number of aryl methyl sites for hydroxylation is 1. The van der Waals surface area contributed by atoms with Gasteiger partial charge in [-0.25, -0.2) is 4.79 Å². The number of carbonyl (C=O) groups excluding carboxylic acids is 1. The zero-order valence-electron chi connectivity index (χ0n) is 13.8. The van der Waals surface area contributed by atoms with E-state index in [2.05, 4.69) is 10.3 Å². The fourth-order valence-corrected chi connectivity index (χ4v) is 2.69. The Morgan fingerprint density at radius 1 is 1.08 bits per heavy atom. The SMILES string of the molecule is Cc1ccc(C[C@@H](NC(=O)c2ccnc3ccccc23)C(=O)O)cc1. The van der Waals surface area contributed by atoms with Crippen LogP contribution in [0.2, 0.25) is 0 Å². The third kappa shape index (κ3) is 3.83. The quantitative estimate of drug-likeness (QED) is 0.752. The Hall–Kier alpha value is -3.21. The topological polar surface area (TPSA) is 79.3 Å². The van der Waals surface area contributed by atoms with Crippen LogP contribution in [0.15, 0.2) is 60.8 Å². The Kier molecular flexibility index (Phi) is 4.75. The minimum Gasteiger partial charge on any atom is -0.480 e. The van der Waals surface area contributed by atoms with Crippen molar-refractivity contribution < 1.29 is 14.7 Å². The van der Waals surface area contributed by atoms with E-state index < -0.39 is 17.9 Å². The van der Waals surface area contributed by atoms with Crippen molar-refractivity contribution in [2.24, 2.45) is 0 Å². The number of amides is 1. The average molecular weight is 334 g/mol. The summed E-state index contributed by atoms with van der Waals surface area (Å²) in [4.78, 5) is 28.4. The molecule has 0 aliphatic rings. The molecular formula is C20H18N2O3. The van der Waals surface area contributed by atoms with Crippen LogP contribution in [0.1, 0.15) is 21.5 Å². The maximum Gasteiger partial charge on any atom is 0.326 e. The van der Waals surface area contributed by atoms with Crippen molar-refractivity contribution in [1.29, 1.82) is 0 Å². The van der Waals surface area contributed by atoms with Crippen LogP contribution in [-0.4, -0.2) is 28.0 Å². The lowest BCUT2D eigenvalue weighted by molar-refractivity contribution is -0.139. The highest BCUT2D eigenvalue weighted by Crippen LogP contribution is 2.16. The number of aliphatic carboxylic acids is 1. The lowest BCUT2D eigenvalue weighted by Gasteiger charge is -2.15. The van der Waals surface area contributed by atoms with Crippen LogP contribution in [0, 0.1) is 6.92 Å². The minimum absolute atomic E-state index is 0.227. The summed E-state index contributed by atoms with van der Waals surface area (Å²) in [5.41, 5.74) is 3.07. The highest BCUT2D eigenvalue weighted by Gasteiger charge is 2.22. The molecule has 1 aromatic heterocycles. The van der Waals surface area contributed by atoms with Crippen molar-refractivity contribution in [3.63, 3.8) is 0 Å². The smallest absolute Gasteiger partial charge is 0.326 e. The number of carbonyl (C=O) groups is 2. The summed E-state index contributed by atoms with van der Waals surface area (Å²) >= 11 is 0. The van der Waals surface area contributed by atoms with E-state index in [0.717, 1.165) is 11.1 Å². The van der Waals surface area contributed by atoms with Gasteiger partial charge in [0.05, 0.1) is 11.1 Å². The standard InChI is InChI=1S/C20H18N2O3/c1-13-6-8-14(9-7-13)12-18(20(24)25)22-19(23)16-10-11-21-17-5-3-2-4-15(16)17/h2-11,18H,12H2,1H3,(H,22,23)(H,24,25)/t18-/m1/s1. The first kappa shape index (κ1) is 16.6. The Labute approximate surface area is 145 Å². The number of benzene rings is 2. The molecule has 0 bridgehead atoms. The lowest BCUT2D eigenvalue weighted by Crippen LogP contribution is -2.42. The van der Waals surface area contributed by atoms with Crippen LogP contribution in [-0.2, 0) is 11.2 Å². The van der Waals surface area contributed by atoms with Gasteiger partial charge in [-0.2, -0.15) is 0 Å². The zero-order valence-corrected chi connectivity index (χ0v) is 13.8. The van der Waals surface area contributed by atoms with Crippen LogP contribution in [0.25, 0.3) is 10.9 Å². The summed E-state index contributed by atoms with van der Waals surface area (Å²) in [5, 5.41) is 12.8. The number of nitrogens with one attached hydrogen (secondary N) is 1. The third-order valence-corrected chi connectivity index (χ3v) is 4.06. The van der Waals surface area contributed by atoms with E-state index in [1.807, 2.05) is 49.4 Å². The van der Waals surface area contributed by atoms with Gasteiger partial charge < -0.3 is 10.4 Å². The molecule has 2 aromatic carbocycles. The summed E-state index contributed by atoms with van der Waals surface area (Å²) in [6.45, 7) is 1.97. The molecular weight excluding hydrogens is 316 g/mol. The van der Waals surface area contributed by atoms with Gasteiger partial charge in [0.1, 0.15) is 6.04 Å². The number of nitrogens with zero attached hydrogens (tertiary/aromatic N) is 1. The molecule has 1 heterocycles. The van der Waals surface area contributed by atoms with E-state index in [9.17, 15) is 14.7 Å². The fourth-order valence-electron chi connectivity index (χ4n) is 2.69. The van der Waals surface area contributed by atoms with Crippen molar-refractivity contribution in [3.8, 4) is 0 Å². The number of carboxylic acid groups (broad SMARTS) is 1. The van der Waals surface area contributed by atoms with Crippen molar-refractivity contribution >= 4 is 22.8 Å². The second kappa shape index (κ2) is 7.13. The lowest BCUT2D eigenvalue weighted by atomic mass is 10.0. The van der Waals surface area contributed by atoms with Crippen LogP contribution >= 0.6 is 0 Å². The van der Waals surface area contributed by atoms with E-state index in [-0.39, 0.29) is 6.42 Å². The van der Waals surface area contributed by atoms with Gasteiger partial charge in [-0.15, -0.1) is 0 Å². The number of aromatic nitrogens is 1. The second-order valence-corrected chi connectivity index (χ2v) is 5.93. The van der Waals surface area contributed by atoms with Gasteiger partial charge in [-0.05, 0) is 24.6 Å². The molecule has 3 rings (SSSR count). The predicted molar refractivity (Wildman–Crippen MR) is 95.5 cm³/mol. The van der Waals surface area contributed by atoms with Crippen molar-refractivity contribution in [3.05, 3.63) is 77.5 Å². The summed E-state index contributed by atoms with van der Waals surface area (Å²) < 4.78 is 0. The van der Waals surface area contributed by atoms with Crippen molar-refractivity contribution in [1.82, 2.24) is 10.3 Å². The molecule has 0 saturated heterocycles. The first-order valence-corrected chi connectivity index (χ1v) is 7.97. The highest BCUT2D eigenvalue weighted by atomic mass is 16.4. The van der Waals surface area contributed by atoms with Gasteiger partial charge in [0.2, 0.25) is 0 Å². The third-order valence-electron chi connectivity index (χ3n) is 4.06. The summed E-state index contributed by atoms with van der Waals surface area (Å²) in [6, 6.07) is 15.5. The molecule has 0 aliphatic carbocycles.